The van der Waals surface area contributed by atoms with Gasteiger partial charge in [-0.25, -0.2) is 4.79 Å². The molecule has 0 spiro atoms. The third-order valence-electron chi connectivity index (χ3n) is 8.12. The summed E-state index contributed by atoms with van der Waals surface area (Å²) in [7, 11) is 1.24. The van der Waals surface area contributed by atoms with Crippen LogP contribution in [0.25, 0.3) is 0 Å². The molecule has 0 fully saturated rings. The molecule has 0 heterocycles. The van der Waals surface area contributed by atoms with Crippen LogP contribution in [0.3, 0.4) is 0 Å². The predicted octanol–water partition coefficient (Wildman–Crippen LogP) is 8.19. The molecule has 10 nitrogen and oxygen atoms in total. The fraction of sp³-hybridized carbons (Fsp3) is 0.300. The van der Waals surface area contributed by atoms with Crippen molar-refractivity contribution >= 4 is 29.4 Å². The van der Waals surface area contributed by atoms with Crippen molar-refractivity contribution in [1.82, 2.24) is 4.90 Å². The maximum absolute atomic E-state index is 13.6. The third-order valence-corrected chi connectivity index (χ3v) is 8.12. The summed E-state index contributed by atoms with van der Waals surface area (Å²) in [4.78, 5) is 51.7. The van der Waals surface area contributed by atoms with Gasteiger partial charge in [-0.3, -0.25) is 14.4 Å². The number of para-hydroxylation sites is 1. The summed E-state index contributed by atoms with van der Waals surface area (Å²) in [6.45, 7) is 1.92. The molecule has 13 heteroatoms. The number of hydrogen-bond donors (Lipinski definition) is 2. The Bertz CT molecular complexity index is 1860. The molecule has 53 heavy (non-hydrogen) atoms. The first-order chi connectivity index (χ1) is 25.4. The number of amides is 2. The monoisotopic (exact) mass is 734 g/mol. The van der Waals surface area contributed by atoms with E-state index in [1.165, 1.54) is 62.1 Å². The topological polar surface area (TPSA) is 131 Å². The first-order valence-electron chi connectivity index (χ1n) is 17.1. The lowest BCUT2D eigenvalue weighted by molar-refractivity contribution is -0.139. The van der Waals surface area contributed by atoms with Crippen molar-refractivity contribution in [3.8, 4) is 17.2 Å². The zero-order chi connectivity index (χ0) is 38.4. The molecule has 2 N–H and O–H groups in total. The molecule has 0 aliphatic carbocycles. The quantitative estimate of drug-likeness (QED) is 0.0595. The SMILES string of the molecule is CCCCCCCOc1ccccc1C(=O)Oc1ccc(CN(CC(=O)O)C(=O)c2ccc(NC(=O)Cc3ccc(OC)cc3C(F)(F)F)cc2)cc1. The van der Waals surface area contributed by atoms with Crippen LogP contribution in [0.5, 0.6) is 17.2 Å². The van der Waals surface area contributed by atoms with E-state index < -0.39 is 48.5 Å². The summed E-state index contributed by atoms with van der Waals surface area (Å²) >= 11 is 0. The highest BCUT2D eigenvalue weighted by Gasteiger charge is 2.34. The van der Waals surface area contributed by atoms with Gasteiger partial charge in [0.1, 0.15) is 29.4 Å². The lowest BCUT2D eigenvalue weighted by atomic mass is 10.0. The van der Waals surface area contributed by atoms with Crippen LogP contribution in [0.1, 0.15) is 76.4 Å². The first-order valence-corrected chi connectivity index (χ1v) is 17.1. The van der Waals surface area contributed by atoms with Gasteiger partial charge in [0, 0.05) is 17.8 Å². The third kappa shape index (κ3) is 12.1. The fourth-order valence-electron chi connectivity index (χ4n) is 5.41. The Morgan fingerprint density at radius 1 is 0.830 bits per heavy atom. The summed E-state index contributed by atoms with van der Waals surface area (Å²) in [6.07, 6.45) is 0.100. The van der Waals surface area contributed by atoms with E-state index in [2.05, 4.69) is 12.2 Å². The van der Waals surface area contributed by atoms with Gasteiger partial charge in [0.25, 0.3) is 5.91 Å². The number of unbranched alkanes of at least 4 members (excludes halogenated alkanes) is 4. The van der Waals surface area contributed by atoms with Crippen molar-refractivity contribution in [1.29, 1.82) is 0 Å². The minimum absolute atomic E-state index is 0.00296. The number of nitrogens with one attached hydrogen (secondary N) is 1. The van der Waals surface area contributed by atoms with Gasteiger partial charge in [-0.1, -0.05) is 62.9 Å². The Kier molecular flexibility index (Phi) is 14.4. The molecule has 4 aromatic carbocycles. The van der Waals surface area contributed by atoms with Crippen molar-refractivity contribution in [2.75, 3.05) is 25.6 Å². The molecule has 4 aromatic rings. The highest BCUT2D eigenvalue weighted by Crippen LogP contribution is 2.35. The van der Waals surface area contributed by atoms with Gasteiger partial charge in [0.05, 0.1) is 25.7 Å². The molecule has 0 saturated heterocycles. The maximum atomic E-state index is 13.6. The second kappa shape index (κ2) is 19.1. The number of alkyl halides is 3. The highest BCUT2D eigenvalue weighted by molar-refractivity contribution is 5.97. The number of hydrogen-bond acceptors (Lipinski definition) is 7. The van der Waals surface area contributed by atoms with Crippen molar-refractivity contribution in [2.45, 2.75) is 58.2 Å². The number of methoxy groups -OCH3 is 1. The average molecular weight is 735 g/mol. The molecule has 0 radical (unpaired) electrons. The van der Waals surface area contributed by atoms with Crippen LogP contribution in [0, 0.1) is 0 Å². The van der Waals surface area contributed by atoms with E-state index in [0.29, 0.717) is 17.9 Å². The number of ether oxygens (including phenoxy) is 3. The number of carboxylic acids is 1. The molecule has 280 valence electrons. The second-order valence-corrected chi connectivity index (χ2v) is 12.2. The summed E-state index contributed by atoms with van der Waals surface area (Å²) in [6, 6.07) is 22.0. The van der Waals surface area contributed by atoms with E-state index >= 15 is 0 Å². The van der Waals surface area contributed by atoms with Gasteiger partial charge >= 0.3 is 18.1 Å². The van der Waals surface area contributed by atoms with Gasteiger partial charge in [-0.05, 0) is 78.2 Å². The minimum Gasteiger partial charge on any atom is -0.497 e. The Balaban J connectivity index is 1.36. The number of anilines is 1. The Labute approximate surface area is 305 Å². The zero-order valence-electron chi connectivity index (χ0n) is 29.4. The molecule has 0 aliphatic heterocycles. The second-order valence-electron chi connectivity index (χ2n) is 12.2. The molecular weight excluding hydrogens is 693 g/mol. The standard InChI is InChI=1S/C40H41F3N2O8/c1-3-4-5-6-9-22-52-35-11-8-7-10-33(35)39(50)53-31-19-12-27(13-20-31)25-45(26-37(47)48)38(49)28-14-17-30(18-15-28)44-36(46)23-29-16-21-32(51-2)24-34(29)40(41,42)43/h7-8,10-21,24H,3-6,9,22-23,25-26H2,1-2H3,(H,44,46)(H,47,48). The van der Waals surface area contributed by atoms with E-state index in [1.807, 2.05) is 0 Å². The maximum Gasteiger partial charge on any atom is 0.416 e. The molecule has 0 aliphatic rings. The zero-order valence-corrected chi connectivity index (χ0v) is 29.4. The summed E-state index contributed by atoms with van der Waals surface area (Å²) in [5, 5.41) is 12.0. The number of rotatable bonds is 18. The summed E-state index contributed by atoms with van der Waals surface area (Å²) < 4.78 is 57.0. The molecule has 4 rings (SSSR count). The van der Waals surface area contributed by atoms with Crippen LogP contribution < -0.4 is 19.5 Å². The number of carbonyl (C=O) groups is 4. The number of carbonyl (C=O) groups excluding carboxylic acids is 3. The number of halogens is 3. The van der Waals surface area contributed by atoms with E-state index in [0.717, 1.165) is 36.6 Å². The normalized spacial score (nSPS) is 11.0. The summed E-state index contributed by atoms with van der Waals surface area (Å²) in [5.74, 6) is -2.51. The summed E-state index contributed by atoms with van der Waals surface area (Å²) in [5.41, 5.74) is -0.0474. The predicted molar refractivity (Wildman–Crippen MR) is 191 cm³/mol. The highest BCUT2D eigenvalue weighted by atomic mass is 19.4. The number of carboxylic acid groups (broad SMARTS) is 1. The van der Waals surface area contributed by atoms with Crippen molar-refractivity contribution in [2.24, 2.45) is 0 Å². The van der Waals surface area contributed by atoms with Gasteiger partial charge < -0.3 is 29.5 Å². The van der Waals surface area contributed by atoms with Gasteiger partial charge in [0.2, 0.25) is 5.91 Å². The smallest absolute Gasteiger partial charge is 0.416 e. The van der Waals surface area contributed by atoms with Crippen LogP contribution in [0.2, 0.25) is 0 Å². The molecule has 0 unspecified atom stereocenters. The van der Waals surface area contributed by atoms with E-state index in [9.17, 15) is 37.5 Å². The Morgan fingerprint density at radius 2 is 1.51 bits per heavy atom. The van der Waals surface area contributed by atoms with Crippen molar-refractivity contribution < 1.29 is 51.7 Å². The number of benzene rings is 4. The van der Waals surface area contributed by atoms with Crippen LogP contribution >= 0.6 is 0 Å². The first kappa shape index (κ1) is 39.9. The van der Waals surface area contributed by atoms with Crippen LogP contribution in [0.4, 0.5) is 18.9 Å². The van der Waals surface area contributed by atoms with Crippen LogP contribution in [0.15, 0.2) is 91.0 Å². The lowest BCUT2D eigenvalue weighted by Crippen LogP contribution is -2.35. The van der Waals surface area contributed by atoms with E-state index in [4.69, 9.17) is 14.2 Å². The Hall–Kier alpha value is -5.85. The minimum atomic E-state index is -4.70. The van der Waals surface area contributed by atoms with Gasteiger partial charge in [-0.15, -0.1) is 0 Å². The molecule has 0 bridgehead atoms. The van der Waals surface area contributed by atoms with Gasteiger partial charge in [-0.2, -0.15) is 13.2 Å². The molecule has 0 saturated carbocycles. The molecule has 0 aromatic heterocycles. The molecule has 0 atom stereocenters. The number of aliphatic carboxylic acids is 1. The van der Waals surface area contributed by atoms with E-state index in [-0.39, 0.29) is 40.4 Å². The van der Waals surface area contributed by atoms with Crippen molar-refractivity contribution in [3.05, 3.63) is 119 Å². The Morgan fingerprint density at radius 3 is 2.17 bits per heavy atom. The number of esters is 1. The average Bonchev–Trinajstić information content (AvgIpc) is 3.13. The number of nitrogens with zero attached hydrogens (tertiary/aromatic N) is 1. The van der Waals surface area contributed by atoms with Crippen molar-refractivity contribution in [3.63, 3.8) is 0 Å². The largest absolute Gasteiger partial charge is 0.497 e. The van der Waals surface area contributed by atoms with Crippen LogP contribution in [-0.4, -0.2) is 54.0 Å². The lowest BCUT2D eigenvalue weighted by Gasteiger charge is -2.21. The van der Waals surface area contributed by atoms with Gasteiger partial charge in [0.15, 0.2) is 0 Å². The molecule has 2 amide bonds. The molecular formula is C40H41F3N2O8. The van der Waals surface area contributed by atoms with E-state index in [1.54, 1.807) is 36.4 Å². The van der Waals surface area contributed by atoms with Crippen LogP contribution in [-0.2, 0) is 28.7 Å². The fourth-order valence-corrected chi connectivity index (χ4v) is 5.41.